The number of benzene rings is 3. The van der Waals surface area contributed by atoms with Crippen LogP contribution >= 0.6 is 0 Å². The third-order valence-electron chi connectivity index (χ3n) is 4.29. The topological polar surface area (TPSA) is 77.2 Å². The van der Waals surface area contributed by atoms with Gasteiger partial charge in [0, 0.05) is 10.9 Å². The second-order valence-corrected chi connectivity index (χ2v) is 6.42. The maximum absolute atomic E-state index is 12.1. The number of ether oxygens (including phenoxy) is 1. The lowest BCUT2D eigenvalue weighted by atomic mass is 10.1. The van der Waals surface area contributed by atoms with Crippen LogP contribution in [0.25, 0.3) is 22.2 Å². The second kappa shape index (κ2) is 7.92. The Morgan fingerprint density at radius 1 is 1.07 bits per heavy atom. The zero-order valence-corrected chi connectivity index (χ0v) is 15.4. The van der Waals surface area contributed by atoms with Crippen LogP contribution < -0.4 is 10.1 Å². The molecule has 0 aliphatic carbocycles. The van der Waals surface area contributed by atoms with Crippen LogP contribution in [0.1, 0.15) is 11.5 Å². The fourth-order valence-corrected chi connectivity index (χ4v) is 2.92. The molecule has 0 unspecified atom stereocenters. The number of nitrogens with zero attached hydrogens (tertiary/aromatic N) is 2. The Labute approximate surface area is 162 Å². The molecule has 0 spiro atoms. The van der Waals surface area contributed by atoms with Crippen LogP contribution in [0.2, 0.25) is 0 Å². The van der Waals surface area contributed by atoms with Crippen molar-refractivity contribution >= 4 is 16.7 Å². The summed E-state index contributed by atoms with van der Waals surface area (Å²) < 4.78 is 10.9. The maximum Gasteiger partial charge on any atom is 0.258 e. The molecule has 4 rings (SSSR count). The number of hydrogen-bond donors (Lipinski definition) is 1. The Morgan fingerprint density at radius 3 is 2.79 bits per heavy atom. The minimum atomic E-state index is -0.261. The minimum absolute atomic E-state index is 0.0904. The largest absolute Gasteiger partial charge is 0.483 e. The van der Waals surface area contributed by atoms with Crippen LogP contribution in [0, 0.1) is 6.92 Å². The third-order valence-corrected chi connectivity index (χ3v) is 4.29. The lowest BCUT2D eigenvalue weighted by Gasteiger charge is -2.09. The van der Waals surface area contributed by atoms with E-state index < -0.39 is 0 Å². The van der Waals surface area contributed by atoms with Gasteiger partial charge in [0.2, 0.25) is 11.7 Å². The summed E-state index contributed by atoms with van der Waals surface area (Å²) in [5.41, 5.74) is 1.99. The summed E-state index contributed by atoms with van der Waals surface area (Å²) in [6, 6.07) is 21.5. The normalized spacial score (nSPS) is 10.8. The quantitative estimate of drug-likeness (QED) is 0.555. The van der Waals surface area contributed by atoms with Crippen LogP contribution in [0.3, 0.4) is 0 Å². The van der Waals surface area contributed by atoms with Crippen molar-refractivity contribution in [3.05, 3.63) is 78.2 Å². The van der Waals surface area contributed by atoms with Gasteiger partial charge in [-0.05, 0) is 24.4 Å². The van der Waals surface area contributed by atoms with Gasteiger partial charge in [0.1, 0.15) is 5.75 Å². The Morgan fingerprint density at radius 2 is 1.89 bits per heavy atom. The van der Waals surface area contributed by atoms with Crippen LogP contribution in [-0.2, 0) is 11.3 Å². The van der Waals surface area contributed by atoms with E-state index in [9.17, 15) is 4.79 Å². The highest BCUT2D eigenvalue weighted by atomic mass is 16.5. The SMILES string of the molecule is Cc1cccc(-c2noc(CNC(=O)COc3cccc4ccccc34)n2)c1. The van der Waals surface area contributed by atoms with E-state index in [2.05, 4.69) is 15.5 Å². The predicted octanol–water partition coefficient (Wildman–Crippen LogP) is 3.89. The smallest absolute Gasteiger partial charge is 0.258 e. The van der Waals surface area contributed by atoms with Gasteiger partial charge in [0.05, 0.1) is 6.54 Å². The molecule has 140 valence electrons. The molecule has 6 nitrogen and oxygen atoms in total. The molecule has 6 heteroatoms. The summed E-state index contributed by atoms with van der Waals surface area (Å²) in [5.74, 6) is 1.26. The molecule has 1 N–H and O–H groups in total. The molecular formula is C22H19N3O3. The average molecular weight is 373 g/mol. The molecule has 0 aliphatic rings. The number of aryl methyl sites for hydroxylation is 1. The average Bonchev–Trinajstić information content (AvgIpc) is 3.20. The van der Waals surface area contributed by atoms with Crippen molar-refractivity contribution in [1.29, 1.82) is 0 Å². The van der Waals surface area contributed by atoms with Crippen molar-refractivity contribution in [2.75, 3.05) is 6.61 Å². The molecule has 0 aliphatic heterocycles. The number of rotatable bonds is 6. The van der Waals surface area contributed by atoms with E-state index >= 15 is 0 Å². The van der Waals surface area contributed by atoms with Crippen molar-refractivity contribution in [3.8, 4) is 17.1 Å². The van der Waals surface area contributed by atoms with E-state index in [0.29, 0.717) is 17.5 Å². The van der Waals surface area contributed by atoms with Gasteiger partial charge in [-0.3, -0.25) is 4.79 Å². The zero-order valence-electron chi connectivity index (χ0n) is 15.4. The van der Waals surface area contributed by atoms with E-state index in [4.69, 9.17) is 9.26 Å². The Bertz CT molecular complexity index is 1120. The van der Waals surface area contributed by atoms with Crippen molar-refractivity contribution in [1.82, 2.24) is 15.5 Å². The van der Waals surface area contributed by atoms with Gasteiger partial charge >= 0.3 is 0 Å². The Hall–Kier alpha value is -3.67. The molecule has 4 aromatic rings. The van der Waals surface area contributed by atoms with E-state index in [0.717, 1.165) is 21.9 Å². The highest BCUT2D eigenvalue weighted by Crippen LogP contribution is 2.25. The molecule has 0 saturated heterocycles. The lowest BCUT2D eigenvalue weighted by Crippen LogP contribution is -2.28. The molecule has 1 heterocycles. The molecule has 0 saturated carbocycles. The van der Waals surface area contributed by atoms with Gasteiger partial charge < -0.3 is 14.6 Å². The summed E-state index contributed by atoms with van der Waals surface area (Å²) in [4.78, 5) is 16.4. The highest BCUT2D eigenvalue weighted by Gasteiger charge is 2.11. The maximum atomic E-state index is 12.1. The standard InChI is InChI=1S/C22H19N3O3/c1-15-6-4-9-17(12-15)22-24-21(28-25-22)13-23-20(26)14-27-19-11-5-8-16-7-2-3-10-18(16)19/h2-12H,13-14H2,1H3,(H,23,26). The number of fused-ring (bicyclic) bond motifs is 1. The van der Waals surface area contributed by atoms with E-state index in [1.54, 1.807) is 0 Å². The van der Waals surface area contributed by atoms with Crippen LogP contribution in [0.5, 0.6) is 5.75 Å². The van der Waals surface area contributed by atoms with Crippen molar-refractivity contribution in [2.24, 2.45) is 0 Å². The number of hydrogen-bond acceptors (Lipinski definition) is 5. The van der Waals surface area contributed by atoms with Gasteiger partial charge in [0.15, 0.2) is 6.61 Å². The van der Waals surface area contributed by atoms with E-state index in [1.807, 2.05) is 73.7 Å². The van der Waals surface area contributed by atoms with Gasteiger partial charge in [-0.15, -0.1) is 0 Å². The van der Waals surface area contributed by atoms with Gasteiger partial charge in [-0.1, -0.05) is 65.3 Å². The Kier molecular flexibility index (Phi) is 5.01. The zero-order chi connectivity index (χ0) is 19.3. The van der Waals surface area contributed by atoms with Crippen molar-refractivity contribution in [2.45, 2.75) is 13.5 Å². The first-order valence-corrected chi connectivity index (χ1v) is 8.96. The number of aromatic nitrogens is 2. The minimum Gasteiger partial charge on any atom is -0.483 e. The Balaban J connectivity index is 1.34. The fraction of sp³-hybridized carbons (Fsp3) is 0.136. The lowest BCUT2D eigenvalue weighted by molar-refractivity contribution is -0.123. The predicted molar refractivity (Wildman–Crippen MR) is 106 cm³/mol. The molecule has 3 aromatic carbocycles. The molecule has 28 heavy (non-hydrogen) atoms. The van der Waals surface area contributed by atoms with Gasteiger partial charge in [-0.25, -0.2) is 0 Å². The molecule has 1 aromatic heterocycles. The third kappa shape index (κ3) is 4.01. The van der Waals surface area contributed by atoms with Crippen LogP contribution in [0.4, 0.5) is 0 Å². The summed E-state index contributed by atoms with van der Waals surface area (Å²) in [5, 5.41) is 8.73. The van der Waals surface area contributed by atoms with Gasteiger partial charge in [0.25, 0.3) is 5.91 Å². The van der Waals surface area contributed by atoms with E-state index in [1.165, 1.54) is 0 Å². The monoisotopic (exact) mass is 373 g/mol. The summed E-state index contributed by atoms with van der Waals surface area (Å²) in [6.07, 6.45) is 0. The van der Waals surface area contributed by atoms with Crippen LogP contribution in [0.15, 0.2) is 71.3 Å². The molecule has 0 atom stereocenters. The number of carbonyl (C=O) groups is 1. The number of nitrogens with one attached hydrogen (secondary N) is 1. The number of amides is 1. The highest BCUT2D eigenvalue weighted by molar-refractivity contribution is 5.88. The molecule has 0 radical (unpaired) electrons. The molecular weight excluding hydrogens is 354 g/mol. The van der Waals surface area contributed by atoms with E-state index in [-0.39, 0.29) is 19.1 Å². The first kappa shape index (κ1) is 17.7. The summed E-state index contributed by atoms with van der Waals surface area (Å²) >= 11 is 0. The fourth-order valence-electron chi connectivity index (χ4n) is 2.92. The molecule has 0 fully saturated rings. The number of carbonyl (C=O) groups excluding carboxylic acids is 1. The summed E-state index contributed by atoms with van der Waals surface area (Å²) in [6.45, 7) is 2.06. The first-order chi connectivity index (χ1) is 13.7. The second-order valence-electron chi connectivity index (χ2n) is 6.42. The molecule has 1 amide bonds. The van der Waals surface area contributed by atoms with Crippen molar-refractivity contribution < 1.29 is 14.1 Å². The first-order valence-electron chi connectivity index (χ1n) is 8.96. The summed E-state index contributed by atoms with van der Waals surface area (Å²) in [7, 11) is 0. The molecule has 0 bridgehead atoms. The van der Waals surface area contributed by atoms with Crippen molar-refractivity contribution in [3.63, 3.8) is 0 Å². The van der Waals surface area contributed by atoms with Crippen LogP contribution in [-0.4, -0.2) is 22.7 Å². The van der Waals surface area contributed by atoms with Gasteiger partial charge in [-0.2, -0.15) is 4.98 Å².